The minimum Gasteiger partial charge on any atom is -0.444 e. The highest BCUT2D eigenvalue weighted by Crippen LogP contribution is 2.32. The van der Waals surface area contributed by atoms with Crippen molar-refractivity contribution in [3.05, 3.63) is 24.0 Å². The molecule has 2 amide bonds. The molecule has 1 heterocycles. The quantitative estimate of drug-likeness (QED) is 0.648. The number of alkyl carbamates (subject to hydrolysis) is 1. The molecule has 0 radical (unpaired) electrons. The van der Waals surface area contributed by atoms with Crippen molar-refractivity contribution in [3.8, 4) is 0 Å². The Kier molecular flexibility index (Phi) is 8.81. The van der Waals surface area contributed by atoms with Gasteiger partial charge in [-0.05, 0) is 80.2 Å². The molecule has 0 aliphatic carbocycles. The molecule has 0 spiro atoms. The smallest absolute Gasteiger partial charge is 0.416 e. The lowest BCUT2D eigenvalue weighted by molar-refractivity contribution is 0.0141. The summed E-state index contributed by atoms with van der Waals surface area (Å²) >= 11 is 0. The van der Waals surface area contributed by atoms with Gasteiger partial charge in [-0.15, -0.1) is 0 Å². The average Bonchev–Trinajstić information content (AvgIpc) is 2.57. The molecule has 7 heteroatoms. The molecule has 0 aromatic rings. The van der Waals surface area contributed by atoms with Crippen molar-refractivity contribution in [3.63, 3.8) is 0 Å². The van der Waals surface area contributed by atoms with Gasteiger partial charge in [-0.2, -0.15) is 0 Å². The molecule has 0 saturated heterocycles. The molecule has 0 aromatic heterocycles. The van der Waals surface area contributed by atoms with Gasteiger partial charge in [0.15, 0.2) is 0 Å². The van der Waals surface area contributed by atoms with Crippen molar-refractivity contribution in [2.24, 2.45) is 0 Å². The van der Waals surface area contributed by atoms with Crippen LogP contribution in [-0.4, -0.2) is 58.9 Å². The summed E-state index contributed by atoms with van der Waals surface area (Å²) in [5.41, 5.74) is -0.0780. The van der Waals surface area contributed by atoms with E-state index in [1.54, 1.807) is 4.90 Å². The summed E-state index contributed by atoms with van der Waals surface area (Å²) in [6, 6.07) is 0.0909. The van der Waals surface area contributed by atoms with E-state index in [1.165, 1.54) is 0 Å². The fourth-order valence-corrected chi connectivity index (χ4v) is 3.24. The van der Waals surface area contributed by atoms with Gasteiger partial charge in [0.25, 0.3) is 0 Å². The van der Waals surface area contributed by atoms with Crippen LogP contribution in [0.3, 0.4) is 0 Å². The highest BCUT2D eigenvalue weighted by Gasteiger charge is 2.35. The molecule has 2 unspecified atom stereocenters. The number of hydrogen-bond acceptors (Lipinski definition) is 5. The second-order valence-corrected chi connectivity index (χ2v) is 9.97. The van der Waals surface area contributed by atoms with Gasteiger partial charge in [0.05, 0.1) is 0 Å². The largest absolute Gasteiger partial charge is 0.444 e. The topological polar surface area (TPSA) is 71.1 Å². The summed E-state index contributed by atoms with van der Waals surface area (Å²) in [7, 11) is 1.96. The molecule has 2 atom stereocenters. The average molecular weight is 424 g/mol. The van der Waals surface area contributed by atoms with E-state index in [2.05, 4.69) is 23.7 Å². The van der Waals surface area contributed by atoms with Crippen LogP contribution < -0.4 is 5.32 Å². The van der Waals surface area contributed by atoms with Crippen LogP contribution in [0, 0.1) is 0 Å². The summed E-state index contributed by atoms with van der Waals surface area (Å²) in [6.45, 7) is 19.6. The number of amides is 2. The van der Waals surface area contributed by atoms with E-state index in [0.29, 0.717) is 13.0 Å². The van der Waals surface area contributed by atoms with Crippen LogP contribution in [0.2, 0.25) is 0 Å². The standard InChI is InChI=1S/C23H41N3O4/c1-11-18-13-12-17(3)26(21(28)30-23(7,8)9)19(18)25(10)16(2)14-15-24-20(27)29-22(4,5)6/h11,16-17H,1,12-15H2,2-10H3,(H,24,27). The van der Waals surface area contributed by atoms with Crippen molar-refractivity contribution < 1.29 is 19.1 Å². The molecule has 7 nitrogen and oxygen atoms in total. The number of carbonyl (C=O) groups excluding carboxylic acids is 2. The summed E-state index contributed by atoms with van der Waals surface area (Å²) in [6.07, 6.45) is 3.44. The Balaban J connectivity index is 2.93. The van der Waals surface area contributed by atoms with Crippen molar-refractivity contribution in [1.82, 2.24) is 15.1 Å². The van der Waals surface area contributed by atoms with E-state index in [1.807, 2.05) is 61.6 Å². The Morgan fingerprint density at radius 3 is 2.30 bits per heavy atom. The minimum atomic E-state index is -0.574. The first-order chi connectivity index (χ1) is 13.7. The van der Waals surface area contributed by atoms with Crippen molar-refractivity contribution in [2.45, 2.75) is 97.9 Å². The predicted octanol–water partition coefficient (Wildman–Crippen LogP) is 5.04. The van der Waals surface area contributed by atoms with Crippen LogP contribution in [-0.2, 0) is 9.47 Å². The third-order valence-corrected chi connectivity index (χ3v) is 4.85. The van der Waals surface area contributed by atoms with Crippen LogP contribution in [0.1, 0.15) is 74.7 Å². The SMILES string of the molecule is C=CC1=C(N(C)C(C)CCNC(=O)OC(C)(C)C)N(C(=O)OC(C)(C)C)C(C)CC1. The van der Waals surface area contributed by atoms with Crippen molar-refractivity contribution >= 4 is 12.2 Å². The summed E-state index contributed by atoms with van der Waals surface area (Å²) in [4.78, 5) is 28.7. The number of carbonyl (C=O) groups is 2. The van der Waals surface area contributed by atoms with Crippen molar-refractivity contribution in [2.75, 3.05) is 13.6 Å². The summed E-state index contributed by atoms with van der Waals surface area (Å²) < 4.78 is 11.0. The molecular weight excluding hydrogens is 382 g/mol. The first kappa shape index (κ1) is 25.9. The third-order valence-electron chi connectivity index (χ3n) is 4.85. The van der Waals surface area contributed by atoms with E-state index >= 15 is 0 Å². The maximum absolute atomic E-state index is 13.0. The van der Waals surface area contributed by atoms with E-state index in [9.17, 15) is 9.59 Å². The van der Waals surface area contributed by atoms with Crippen molar-refractivity contribution in [1.29, 1.82) is 0 Å². The van der Waals surface area contributed by atoms with Crippen LogP contribution >= 0.6 is 0 Å². The maximum atomic E-state index is 13.0. The van der Waals surface area contributed by atoms with Gasteiger partial charge >= 0.3 is 12.2 Å². The first-order valence-corrected chi connectivity index (χ1v) is 10.7. The van der Waals surface area contributed by atoms with Crippen LogP contribution in [0.25, 0.3) is 0 Å². The summed E-state index contributed by atoms with van der Waals surface area (Å²) in [5.74, 6) is 0.822. The lowest BCUT2D eigenvalue weighted by Crippen LogP contribution is -2.50. The number of rotatable bonds is 6. The van der Waals surface area contributed by atoms with Gasteiger partial charge in [0.1, 0.15) is 17.0 Å². The molecule has 0 bridgehead atoms. The monoisotopic (exact) mass is 423 g/mol. The number of ether oxygens (including phenoxy) is 2. The molecule has 0 fully saturated rings. The van der Waals surface area contributed by atoms with Gasteiger partial charge in [0.2, 0.25) is 0 Å². The van der Waals surface area contributed by atoms with E-state index in [0.717, 1.165) is 24.2 Å². The zero-order valence-corrected chi connectivity index (χ0v) is 20.3. The van der Waals surface area contributed by atoms with Gasteiger partial charge in [-0.3, -0.25) is 4.90 Å². The lowest BCUT2D eigenvalue weighted by Gasteiger charge is -2.43. The second-order valence-electron chi connectivity index (χ2n) is 9.97. The first-order valence-electron chi connectivity index (χ1n) is 10.7. The van der Waals surface area contributed by atoms with Gasteiger partial charge in [-0.25, -0.2) is 9.59 Å². The Morgan fingerprint density at radius 1 is 1.23 bits per heavy atom. The normalized spacial score (nSPS) is 18.6. The molecule has 1 rings (SSSR count). The highest BCUT2D eigenvalue weighted by molar-refractivity contribution is 5.71. The van der Waals surface area contributed by atoms with Crippen LogP contribution in [0.4, 0.5) is 9.59 Å². The van der Waals surface area contributed by atoms with E-state index < -0.39 is 17.3 Å². The third kappa shape index (κ3) is 7.92. The van der Waals surface area contributed by atoms with E-state index in [4.69, 9.17) is 9.47 Å². The molecule has 1 N–H and O–H groups in total. The number of hydrogen-bond donors (Lipinski definition) is 1. The number of nitrogens with zero attached hydrogens (tertiary/aromatic N) is 2. The Morgan fingerprint density at radius 2 is 1.80 bits per heavy atom. The molecule has 30 heavy (non-hydrogen) atoms. The Labute approximate surface area is 182 Å². The highest BCUT2D eigenvalue weighted by atomic mass is 16.6. The molecule has 1 aliphatic heterocycles. The Bertz CT molecular complexity index is 658. The zero-order chi connectivity index (χ0) is 23.3. The van der Waals surface area contributed by atoms with Gasteiger partial charge < -0.3 is 19.7 Å². The molecule has 172 valence electrons. The van der Waals surface area contributed by atoms with Gasteiger partial charge in [-0.1, -0.05) is 12.7 Å². The molecule has 0 saturated carbocycles. The second kappa shape index (κ2) is 10.2. The van der Waals surface area contributed by atoms with Crippen LogP contribution in [0.5, 0.6) is 0 Å². The maximum Gasteiger partial charge on any atom is 0.416 e. The molecule has 1 aliphatic rings. The minimum absolute atomic E-state index is 0.0214. The van der Waals surface area contributed by atoms with Crippen LogP contribution in [0.15, 0.2) is 24.0 Å². The zero-order valence-electron chi connectivity index (χ0n) is 20.3. The molecule has 0 aromatic carbocycles. The predicted molar refractivity (Wildman–Crippen MR) is 120 cm³/mol. The fourth-order valence-electron chi connectivity index (χ4n) is 3.24. The van der Waals surface area contributed by atoms with Gasteiger partial charge in [0, 0.05) is 25.7 Å². The number of allylic oxidation sites excluding steroid dienone is 2. The lowest BCUT2D eigenvalue weighted by atomic mass is 9.98. The molecular formula is C23H41N3O4. The van der Waals surface area contributed by atoms with E-state index in [-0.39, 0.29) is 18.2 Å². The Hall–Kier alpha value is -2.18. The number of nitrogens with one attached hydrogen (secondary N) is 1. The summed E-state index contributed by atoms with van der Waals surface area (Å²) in [5, 5.41) is 2.80. The fraction of sp³-hybridized carbons (Fsp3) is 0.739.